The van der Waals surface area contributed by atoms with E-state index in [0.29, 0.717) is 11.3 Å². The number of ether oxygens (including phenoxy) is 1. The fraction of sp³-hybridized carbons (Fsp3) is 0.111. The number of rotatable bonds is 2. The lowest BCUT2D eigenvalue weighted by Crippen LogP contribution is -2.10. The predicted octanol–water partition coefficient (Wildman–Crippen LogP) is 1.40. The number of thiazole rings is 1. The molecule has 14 heavy (non-hydrogen) atoms. The number of primary amides is 1. The van der Waals surface area contributed by atoms with Gasteiger partial charge in [0.2, 0.25) is 5.91 Å². The van der Waals surface area contributed by atoms with Crippen LogP contribution in [-0.4, -0.2) is 18.0 Å². The molecule has 1 aromatic carbocycles. The summed E-state index contributed by atoms with van der Waals surface area (Å²) >= 11 is 1.45. The molecule has 0 bridgehead atoms. The highest BCUT2D eigenvalue weighted by Crippen LogP contribution is 2.28. The molecule has 1 aromatic heterocycles. The lowest BCUT2D eigenvalue weighted by atomic mass is 10.2. The molecule has 5 heteroatoms. The molecule has 72 valence electrons. The van der Waals surface area contributed by atoms with E-state index in [1.54, 1.807) is 24.8 Å². The smallest absolute Gasteiger partial charge is 0.248 e. The molecular formula is C9H8N2O2S. The van der Waals surface area contributed by atoms with Gasteiger partial charge in [0.1, 0.15) is 11.3 Å². The first-order valence-electron chi connectivity index (χ1n) is 3.93. The van der Waals surface area contributed by atoms with E-state index in [2.05, 4.69) is 4.98 Å². The third-order valence-corrected chi connectivity index (χ3v) is 2.68. The SMILES string of the molecule is COc1cc(C(N)=O)cc2scnc12. The number of benzene rings is 1. The predicted molar refractivity (Wildman–Crippen MR) is 54.7 cm³/mol. The number of carbonyl (C=O) groups is 1. The van der Waals surface area contributed by atoms with Gasteiger partial charge < -0.3 is 10.5 Å². The quantitative estimate of drug-likeness (QED) is 0.811. The molecule has 0 aliphatic carbocycles. The zero-order valence-electron chi connectivity index (χ0n) is 7.48. The van der Waals surface area contributed by atoms with Crippen LogP contribution in [0.4, 0.5) is 0 Å². The summed E-state index contributed by atoms with van der Waals surface area (Å²) in [4.78, 5) is 15.1. The Morgan fingerprint density at radius 2 is 2.36 bits per heavy atom. The van der Waals surface area contributed by atoms with Gasteiger partial charge in [0.25, 0.3) is 0 Å². The number of hydrogen-bond acceptors (Lipinski definition) is 4. The number of hydrogen-bond donors (Lipinski definition) is 1. The third-order valence-electron chi connectivity index (χ3n) is 1.91. The molecule has 2 N–H and O–H groups in total. The minimum atomic E-state index is -0.460. The average molecular weight is 208 g/mol. The van der Waals surface area contributed by atoms with Crippen molar-refractivity contribution in [3.05, 3.63) is 23.2 Å². The van der Waals surface area contributed by atoms with Crippen molar-refractivity contribution in [2.75, 3.05) is 7.11 Å². The first-order valence-corrected chi connectivity index (χ1v) is 4.81. The van der Waals surface area contributed by atoms with Crippen LogP contribution in [0.5, 0.6) is 5.75 Å². The molecule has 4 nitrogen and oxygen atoms in total. The van der Waals surface area contributed by atoms with Crippen LogP contribution in [0.3, 0.4) is 0 Å². The van der Waals surface area contributed by atoms with Gasteiger partial charge in [0.05, 0.1) is 17.3 Å². The average Bonchev–Trinajstić information content (AvgIpc) is 2.63. The molecule has 2 rings (SSSR count). The fourth-order valence-electron chi connectivity index (χ4n) is 1.23. The third kappa shape index (κ3) is 1.31. The lowest BCUT2D eigenvalue weighted by molar-refractivity contribution is 0.1000. The van der Waals surface area contributed by atoms with Crippen molar-refractivity contribution in [3.8, 4) is 5.75 Å². The topological polar surface area (TPSA) is 65.2 Å². The van der Waals surface area contributed by atoms with Crippen LogP contribution in [-0.2, 0) is 0 Å². The molecular weight excluding hydrogens is 200 g/mol. The zero-order valence-corrected chi connectivity index (χ0v) is 8.30. The molecule has 0 radical (unpaired) electrons. The maximum absolute atomic E-state index is 11.0. The van der Waals surface area contributed by atoms with Crippen LogP contribution in [0.1, 0.15) is 10.4 Å². The standard InChI is InChI=1S/C9H8N2O2S/c1-13-6-2-5(9(10)12)3-7-8(6)11-4-14-7/h2-4H,1H3,(H2,10,12). The molecule has 0 fully saturated rings. The highest BCUT2D eigenvalue weighted by Gasteiger charge is 2.09. The van der Waals surface area contributed by atoms with Gasteiger partial charge in [-0.25, -0.2) is 4.98 Å². The van der Waals surface area contributed by atoms with Crippen molar-refractivity contribution in [2.24, 2.45) is 5.73 Å². The Hall–Kier alpha value is -1.62. The van der Waals surface area contributed by atoms with Crippen LogP contribution in [0.2, 0.25) is 0 Å². The summed E-state index contributed by atoms with van der Waals surface area (Å²) in [5.41, 5.74) is 8.10. The molecule has 0 aliphatic rings. The number of nitrogens with zero attached hydrogens (tertiary/aromatic N) is 1. The number of nitrogens with two attached hydrogens (primary N) is 1. The van der Waals surface area contributed by atoms with Gasteiger partial charge in [-0.1, -0.05) is 0 Å². The van der Waals surface area contributed by atoms with E-state index in [1.165, 1.54) is 11.3 Å². The summed E-state index contributed by atoms with van der Waals surface area (Å²) < 4.78 is 6.01. The number of aromatic nitrogens is 1. The molecule has 0 saturated carbocycles. The van der Waals surface area contributed by atoms with E-state index in [1.807, 2.05) is 0 Å². The largest absolute Gasteiger partial charge is 0.494 e. The van der Waals surface area contributed by atoms with E-state index in [-0.39, 0.29) is 0 Å². The number of amides is 1. The maximum atomic E-state index is 11.0. The Bertz CT molecular complexity index is 493. The molecule has 1 amide bonds. The lowest BCUT2D eigenvalue weighted by Gasteiger charge is -2.02. The van der Waals surface area contributed by atoms with Crippen molar-refractivity contribution in [3.63, 3.8) is 0 Å². The van der Waals surface area contributed by atoms with Gasteiger partial charge in [0, 0.05) is 5.56 Å². The summed E-state index contributed by atoms with van der Waals surface area (Å²) in [7, 11) is 1.54. The molecule has 2 aromatic rings. The van der Waals surface area contributed by atoms with Crippen LogP contribution >= 0.6 is 11.3 Å². The minimum Gasteiger partial charge on any atom is -0.494 e. The Balaban J connectivity index is 2.73. The summed E-state index contributed by atoms with van der Waals surface area (Å²) in [5, 5.41) is 0. The number of fused-ring (bicyclic) bond motifs is 1. The van der Waals surface area contributed by atoms with Crippen molar-refractivity contribution < 1.29 is 9.53 Å². The summed E-state index contributed by atoms with van der Waals surface area (Å²) in [6.45, 7) is 0. The van der Waals surface area contributed by atoms with Crippen LogP contribution in [0, 0.1) is 0 Å². The second-order valence-corrected chi connectivity index (χ2v) is 3.63. The van der Waals surface area contributed by atoms with Gasteiger partial charge in [-0.3, -0.25) is 4.79 Å². The van der Waals surface area contributed by atoms with Crippen molar-refractivity contribution >= 4 is 27.5 Å². The van der Waals surface area contributed by atoms with E-state index >= 15 is 0 Å². The van der Waals surface area contributed by atoms with E-state index in [0.717, 1.165) is 10.2 Å². The second kappa shape index (κ2) is 3.26. The summed E-state index contributed by atoms with van der Waals surface area (Å²) in [5.74, 6) is 0.121. The summed E-state index contributed by atoms with van der Waals surface area (Å²) in [6, 6.07) is 3.32. The Kier molecular flexibility index (Phi) is 2.09. The van der Waals surface area contributed by atoms with Crippen LogP contribution < -0.4 is 10.5 Å². The van der Waals surface area contributed by atoms with Gasteiger partial charge in [-0.2, -0.15) is 0 Å². The second-order valence-electron chi connectivity index (χ2n) is 2.74. The van der Waals surface area contributed by atoms with E-state index in [9.17, 15) is 4.79 Å². The molecule has 0 atom stereocenters. The highest BCUT2D eigenvalue weighted by atomic mass is 32.1. The number of carbonyl (C=O) groups excluding carboxylic acids is 1. The molecule has 1 heterocycles. The van der Waals surface area contributed by atoms with Gasteiger partial charge >= 0.3 is 0 Å². The Morgan fingerprint density at radius 3 is 3.00 bits per heavy atom. The molecule has 0 saturated heterocycles. The van der Waals surface area contributed by atoms with Gasteiger partial charge in [0.15, 0.2) is 0 Å². The van der Waals surface area contributed by atoms with Crippen LogP contribution in [0.25, 0.3) is 10.2 Å². The van der Waals surface area contributed by atoms with Crippen LogP contribution in [0.15, 0.2) is 17.6 Å². The maximum Gasteiger partial charge on any atom is 0.248 e. The van der Waals surface area contributed by atoms with Crippen molar-refractivity contribution in [2.45, 2.75) is 0 Å². The first-order chi connectivity index (χ1) is 6.72. The first kappa shape index (κ1) is 8.96. The van der Waals surface area contributed by atoms with E-state index in [4.69, 9.17) is 10.5 Å². The van der Waals surface area contributed by atoms with E-state index < -0.39 is 5.91 Å². The fourth-order valence-corrected chi connectivity index (χ4v) is 1.96. The highest BCUT2D eigenvalue weighted by molar-refractivity contribution is 7.16. The number of methoxy groups -OCH3 is 1. The van der Waals surface area contributed by atoms with Crippen molar-refractivity contribution in [1.82, 2.24) is 4.98 Å². The molecule has 0 spiro atoms. The zero-order chi connectivity index (χ0) is 10.1. The Labute approximate surface area is 84.3 Å². The van der Waals surface area contributed by atoms with Gasteiger partial charge in [-0.15, -0.1) is 11.3 Å². The summed E-state index contributed by atoms with van der Waals surface area (Å²) in [6.07, 6.45) is 0. The van der Waals surface area contributed by atoms with Gasteiger partial charge in [-0.05, 0) is 12.1 Å². The Morgan fingerprint density at radius 1 is 1.57 bits per heavy atom. The minimum absolute atomic E-state index is 0.443. The normalized spacial score (nSPS) is 10.4. The van der Waals surface area contributed by atoms with Crippen molar-refractivity contribution in [1.29, 1.82) is 0 Å². The molecule has 0 unspecified atom stereocenters. The molecule has 0 aliphatic heterocycles. The monoisotopic (exact) mass is 208 g/mol.